The highest BCUT2D eigenvalue weighted by atomic mass is 16.5. The van der Waals surface area contributed by atoms with Crippen molar-refractivity contribution in [1.29, 1.82) is 0 Å². The quantitative estimate of drug-likeness (QED) is 0.369. The van der Waals surface area contributed by atoms with E-state index in [1.807, 2.05) is 54.6 Å². The molecule has 1 N–H and O–H groups in total. The van der Waals surface area contributed by atoms with E-state index >= 15 is 0 Å². The third-order valence-corrected chi connectivity index (χ3v) is 5.51. The Balaban J connectivity index is 1.89. The first-order chi connectivity index (χ1) is 16.1. The Labute approximate surface area is 195 Å². The molecule has 1 aliphatic rings. The maximum atomic E-state index is 13.1. The highest BCUT2D eigenvalue weighted by Gasteiger charge is 2.42. The van der Waals surface area contributed by atoms with Crippen LogP contribution in [0.15, 0.2) is 72.0 Å². The van der Waals surface area contributed by atoms with E-state index in [2.05, 4.69) is 6.92 Å². The molecule has 0 bridgehead atoms. The minimum Gasteiger partial charge on any atom is -0.503 e. The van der Waals surface area contributed by atoms with Gasteiger partial charge in [-0.3, -0.25) is 9.59 Å². The van der Waals surface area contributed by atoms with E-state index in [9.17, 15) is 14.7 Å². The predicted molar refractivity (Wildman–Crippen MR) is 128 cm³/mol. The SMILES string of the molecule is CCCCOc1ccc(C2C(C(=O)/C=C/c3ccccc3)=C(O)C(=O)N2CCCOC)cc1. The summed E-state index contributed by atoms with van der Waals surface area (Å²) in [4.78, 5) is 27.6. The van der Waals surface area contributed by atoms with Crippen LogP contribution in [-0.2, 0) is 14.3 Å². The second kappa shape index (κ2) is 12.0. The van der Waals surface area contributed by atoms with Crippen LogP contribution < -0.4 is 4.74 Å². The van der Waals surface area contributed by atoms with Gasteiger partial charge in [0, 0.05) is 20.3 Å². The van der Waals surface area contributed by atoms with Gasteiger partial charge in [0.25, 0.3) is 5.91 Å². The number of rotatable bonds is 12. The number of benzene rings is 2. The average Bonchev–Trinajstić information content (AvgIpc) is 3.09. The smallest absolute Gasteiger partial charge is 0.290 e. The van der Waals surface area contributed by atoms with Crippen molar-refractivity contribution >= 4 is 17.8 Å². The second-order valence-corrected chi connectivity index (χ2v) is 7.89. The van der Waals surface area contributed by atoms with Gasteiger partial charge in [0.1, 0.15) is 5.75 Å². The van der Waals surface area contributed by atoms with Gasteiger partial charge in [-0.2, -0.15) is 0 Å². The van der Waals surface area contributed by atoms with E-state index in [1.54, 1.807) is 13.2 Å². The minimum absolute atomic E-state index is 0.0873. The summed E-state index contributed by atoms with van der Waals surface area (Å²) in [7, 11) is 1.60. The minimum atomic E-state index is -0.674. The molecular weight excluding hydrogens is 418 g/mol. The van der Waals surface area contributed by atoms with Gasteiger partial charge in [-0.15, -0.1) is 0 Å². The molecule has 0 spiro atoms. The second-order valence-electron chi connectivity index (χ2n) is 7.89. The maximum absolute atomic E-state index is 13.1. The number of carbonyl (C=O) groups excluding carboxylic acids is 2. The van der Waals surface area contributed by atoms with Gasteiger partial charge in [0.05, 0.1) is 18.2 Å². The fourth-order valence-corrected chi connectivity index (χ4v) is 3.77. The fraction of sp³-hybridized carbons (Fsp3) is 0.333. The van der Waals surface area contributed by atoms with Gasteiger partial charge in [-0.05, 0) is 42.2 Å². The Hall–Kier alpha value is -3.38. The Morgan fingerprint density at radius 1 is 1.06 bits per heavy atom. The van der Waals surface area contributed by atoms with Crippen molar-refractivity contribution in [2.75, 3.05) is 26.9 Å². The topological polar surface area (TPSA) is 76.1 Å². The molecule has 6 nitrogen and oxygen atoms in total. The molecular formula is C27H31NO5. The molecule has 0 aromatic heterocycles. The molecule has 1 amide bonds. The summed E-state index contributed by atoms with van der Waals surface area (Å²) in [5.41, 5.74) is 1.69. The van der Waals surface area contributed by atoms with Crippen LogP contribution in [0.4, 0.5) is 0 Å². The number of amides is 1. The molecule has 33 heavy (non-hydrogen) atoms. The molecule has 0 saturated heterocycles. The van der Waals surface area contributed by atoms with Gasteiger partial charge in [0.2, 0.25) is 0 Å². The normalized spacial score (nSPS) is 16.1. The standard InChI is InChI=1S/C27H31NO5/c1-3-4-19-33-22-14-12-21(13-15-22)25-24(23(29)16-11-20-9-6-5-7-10-20)26(30)27(31)28(25)17-8-18-32-2/h5-7,9-16,25,30H,3-4,8,17-19H2,1-2H3/b16-11+. The van der Waals surface area contributed by atoms with Crippen LogP contribution in [0.2, 0.25) is 0 Å². The Kier molecular flexibility index (Phi) is 8.84. The molecule has 174 valence electrons. The number of aliphatic hydroxyl groups is 1. The van der Waals surface area contributed by atoms with Crippen LogP contribution in [0.3, 0.4) is 0 Å². The molecule has 0 aliphatic carbocycles. The zero-order chi connectivity index (χ0) is 23.6. The average molecular weight is 450 g/mol. The number of hydrogen-bond donors (Lipinski definition) is 1. The van der Waals surface area contributed by atoms with Crippen molar-refractivity contribution in [2.24, 2.45) is 0 Å². The Morgan fingerprint density at radius 2 is 1.79 bits per heavy atom. The molecule has 1 atom stereocenters. The lowest BCUT2D eigenvalue weighted by Crippen LogP contribution is -2.32. The molecule has 0 saturated carbocycles. The van der Waals surface area contributed by atoms with E-state index in [0.717, 1.165) is 29.7 Å². The van der Waals surface area contributed by atoms with Crippen molar-refractivity contribution in [2.45, 2.75) is 32.2 Å². The van der Waals surface area contributed by atoms with E-state index in [1.165, 1.54) is 11.0 Å². The van der Waals surface area contributed by atoms with Crippen LogP contribution in [0.25, 0.3) is 6.08 Å². The van der Waals surface area contributed by atoms with Crippen molar-refractivity contribution < 1.29 is 24.2 Å². The predicted octanol–water partition coefficient (Wildman–Crippen LogP) is 4.88. The first-order valence-electron chi connectivity index (χ1n) is 11.3. The lowest BCUT2D eigenvalue weighted by atomic mass is 9.95. The highest BCUT2D eigenvalue weighted by Crippen LogP contribution is 2.38. The van der Waals surface area contributed by atoms with Crippen LogP contribution in [-0.4, -0.2) is 48.6 Å². The number of ketones is 1. The number of unbranched alkanes of at least 4 members (excludes halogenated alkanes) is 1. The Morgan fingerprint density at radius 3 is 2.45 bits per heavy atom. The zero-order valence-corrected chi connectivity index (χ0v) is 19.2. The fourth-order valence-electron chi connectivity index (χ4n) is 3.77. The van der Waals surface area contributed by atoms with Crippen molar-refractivity contribution in [3.05, 3.63) is 83.1 Å². The summed E-state index contributed by atoms with van der Waals surface area (Å²) in [6, 6.07) is 16.1. The molecule has 3 rings (SSSR count). The van der Waals surface area contributed by atoms with Crippen LogP contribution in [0.5, 0.6) is 5.75 Å². The van der Waals surface area contributed by atoms with Crippen LogP contribution in [0.1, 0.15) is 43.4 Å². The molecule has 1 unspecified atom stereocenters. The van der Waals surface area contributed by atoms with E-state index in [-0.39, 0.29) is 5.57 Å². The third kappa shape index (κ3) is 6.11. The largest absolute Gasteiger partial charge is 0.503 e. The molecule has 0 fully saturated rings. The van der Waals surface area contributed by atoms with Crippen molar-refractivity contribution in [1.82, 2.24) is 4.90 Å². The van der Waals surface area contributed by atoms with Gasteiger partial charge < -0.3 is 19.5 Å². The van der Waals surface area contributed by atoms with Crippen molar-refractivity contribution in [3.63, 3.8) is 0 Å². The van der Waals surface area contributed by atoms with Gasteiger partial charge in [-0.25, -0.2) is 0 Å². The van der Waals surface area contributed by atoms with Gasteiger partial charge in [-0.1, -0.05) is 61.9 Å². The van der Waals surface area contributed by atoms with Gasteiger partial charge in [0.15, 0.2) is 11.5 Å². The van der Waals surface area contributed by atoms with E-state index < -0.39 is 23.5 Å². The zero-order valence-electron chi connectivity index (χ0n) is 19.2. The van der Waals surface area contributed by atoms with Crippen LogP contribution >= 0.6 is 0 Å². The molecule has 0 radical (unpaired) electrons. The summed E-state index contributed by atoms with van der Waals surface area (Å²) in [6.07, 6.45) is 5.69. The third-order valence-electron chi connectivity index (χ3n) is 5.51. The number of ether oxygens (including phenoxy) is 2. The highest BCUT2D eigenvalue weighted by molar-refractivity contribution is 6.14. The summed E-state index contributed by atoms with van der Waals surface area (Å²) in [6.45, 7) is 3.56. The van der Waals surface area contributed by atoms with Crippen molar-refractivity contribution in [3.8, 4) is 5.75 Å². The lowest BCUT2D eigenvalue weighted by Gasteiger charge is -2.26. The summed E-state index contributed by atoms with van der Waals surface area (Å²) >= 11 is 0. The number of carbonyl (C=O) groups is 2. The molecule has 1 aliphatic heterocycles. The number of hydrogen-bond acceptors (Lipinski definition) is 5. The number of allylic oxidation sites excluding steroid dienone is 1. The number of nitrogens with zero attached hydrogens (tertiary/aromatic N) is 1. The van der Waals surface area contributed by atoms with E-state index in [0.29, 0.717) is 26.2 Å². The van der Waals surface area contributed by atoms with Crippen LogP contribution in [0, 0.1) is 0 Å². The molecule has 1 heterocycles. The monoisotopic (exact) mass is 449 g/mol. The van der Waals surface area contributed by atoms with E-state index in [4.69, 9.17) is 9.47 Å². The summed E-state index contributed by atoms with van der Waals surface area (Å²) in [5.74, 6) is -0.709. The maximum Gasteiger partial charge on any atom is 0.290 e. The summed E-state index contributed by atoms with van der Waals surface area (Å²) in [5, 5.41) is 10.7. The lowest BCUT2D eigenvalue weighted by molar-refractivity contribution is -0.129. The molecule has 6 heteroatoms. The number of aliphatic hydroxyl groups excluding tert-OH is 1. The van der Waals surface area contributed by atoms with Gasteiger partial charge >= 0.3 is 0 Å². The Bertz CT molecular complexity index is 995. The molecule has 2 aromatic carbocycles. The first kappa shape index (κ1) is 24.3. The summed E-state index contributed by atoms with van der Waals surface area (Å²) < 4.78 is 10.9. The number of methoxy groups -OCH3 is 1. The first-order valence-corrected chi connectivity index (χ1v) is 11.3. The molecule has 2 aromatic rings.